The first-order valence-corrected chi connectivity index (χ1v) is 10.3. The number of nitrogens with zero attached hydrogens (tertiary/aromatic N) is 2. The van der Waals surface area contributed by atoms with Crippen molar-refractivity contribution < 1.29 is 9.72 Å². The highest BCUT2D eigenvalue weighted by molar-refractivity contribution is 7.20. The summed E-state index contributed by atoms with van der Waals surface area (Å²) in [5, 5.41) is 20.1. The van der Waals surface area contributed by atoms with E-state index in [-0.39, 0.29) is 11.6 Å². The molecule has 31 heavy (non-hydrogen) atoms. The molecule has 0 radical (unpaired) electrons. The van der Waals surface area contributed by atoms with Crippen molar-refractivity contribution in [3.63, 3.8) is 0 Å². The second-order valence-corrected chi connectivity index (χ2v) is 8.11. The Hall–Kier alpha value is -4.10. The number of hydrogen-bond donors (Lipinski definition) is 1. The van der Waals surface area contributed by atoms with Gasteiger partial charge in [-0.25, -0.2) is 5.43 Å². The molecule has 0 aliphatic carbocycles. The number of hydrazone groups is 1. The fourth-order valence-electron chi connectivity index (χ4n) is 3.65. The summed E-state index contributed by atoms with van der Waals surface area (Å²) in [6.45, 7) is 0. The molecule has 0 aliphatic rings. The number of thiophene rings is 1. The molecule has 1 N–H and O–H groups in total. The predicted octanol–water partition coefficient (Wildman–Crippen LogP) is 5.88. The minimum atomic E-state index is -0.449. The van der Waals surface area contributed by atoms with Crippen LogP contribution in [0, 0.1) is 10.1 Å². The average molecular weight is 425 g/mol. The first kappa shape index (κ1) is 18.9. The molecule has 5 rings (SSSR count). The van der Waals surface area contributed by atoms with Gasteiger partial charge in [-0.1, -0.05) is 48.5 Å². The zero-order valence-corrected chi connectivity index (χ0v) is 16.9. The number of nitrogens with one attached hydrogen (secondary N) is 1. The van der Waals surface area contributed by atoms with E-state index >= 15 is 0 Å². The summed E-state index contributed by atoms with van der Waals surface area (Å²) in [6, 6.07) is 24.4. The molecular weight excluding hydrogens is 410 g/mol. The Balaban J connectivity index is 1.46. The van der Waals surface area contributed by atoms with Crippen molar-refractivity contribution in [2.24, 2.45) is 5.10 Å². The second-order valence-electron chi connectivity index (χ2n) is 7.02. The molecule has 0 unspecified atom stereocenters. The Morgan fingerprint density at radius 3 is 2.26 bits per heavy atom. The minimum Gasteiger partial charge on any atom is -0.266 e. The molecule has 5 aromatic rings. The van der Waals surface area contributed by atoms with Crippen molar-refractivity contribution in [2.45, 2.75) is 0 Å². The van der Waals surface area contributed by atoms with Gasteiger partial charge in [0.05, 0.1) is 16.0 Å². The largest absolute Gasteiger partial charge is 0.281 e. The van der Waals surface area contributed by atoms with E-state index in [0.29, 0.717) is 10.3 Å². The van der Waals surface area contributed by atoms with Crippen LogP contribution in [0.1, 0.15) is 15.2 Å². The van der Waals surface area contributed by atoms with Gasteiger partial charge in [-0.2, -0.15) is 5.10 Å². The quantitative estimate of drug-likeness (QED) is 0.169. The fourth-order valence-corrected chi connectivity index (χ4v) is 4.59. The maximum atomic E-state index is 12.6. The average Bonchev–Trinajstić information content (AvgIpc) is 3.22. The summed E-state index contributed by atoms with van der Waals surface area (Å²) in [5.41, 5.74) is 3.51. The Morgan fingerprint density at radius 1 is 0.903 bits per heavy atom. The van der Waals surface area contributed by atoms with Crippen molar-refractivity contribution in [1.82, 2.24) is 5.43 Å². The molecule has 0 spiro atoms. The van der Waals surface area contributed by atoms with Crippen LogP contribution in [0.15, 0.2) is 84.0 Å². The van der Waals surface area contributed by atoms with E-state index in [0.717, 1.165) is 31.8 Å². The van der Waals surface area contributed by atoms with Gasteiger partial charge in [-0.05, 0) is 39.7 Å². The third-order valence-corrected chi connectivity index (χ3v) is 6.22. The lowest BCUT2D eigenvalue weighted by molar-refractivity contribution is -0.384. The summed E-state index contributed by atoms with van der Waals surface area (Å²) in [6.07, 6.45) is 1.67. The standard InChI is InChI=1S/C24H15N3O3S/c28-24(23-13-17-12-18(27(29)30)9-10-22(17)31-23)26-25-14-21-19-7-3-1-5-15(19)11-16-6-2-4-8-20(16)21/h1-14H,(H,26,28). The maximum Gasteiger partial charge on any atom is 0.281 e. The molecule has 4 aromatic carbocycles. The zero-order valence-electron chi connectivity index (χ0n) is 16.1. The van der Waals surface area contributed by atoms with Crippen LogP contribution in [-0.2, 0) is 0 Å². The van der Waals surface area contributed by atoms with E-state index in [2.05, 4.69) is 16.6 Å². The van der Waals surface area contributed by atoms with Gasteiger partial charge in [0.2, 0.25) is 0 Å². The van der Waals surface area contributed by atoms with E-state index in [9.17, 15) is 14.9 Å². The third-order valence-electron chi connectivity index (χ3n) is 5.11. The monoisotopic (exact) mass is 425 g/mol. The van der Waals surface area contributed by atoms with Crippen LogP contribution in [0.3, 0.4) is 0 Å². The van der Waals surface area contributed by atoms with Gasteiger partial charge in [-0.15, -0.1) is 11.3 Å². The SMILES string of the molecule is O=C(NN=Cc1c2ccccc2cc2ccccc12)c1cc2cc([N+](=O)[O-])ccc2s1. The first-order valence-electron chi connectivity index (χ1n) is 9.52. The molecule has 1 heterocycles. The van der Waals surface area contributed by atoms with Gasteiger partial charge in [0.25, 0.3) is 11.6 Å². The summed E-state index contributed by atoms with van der Waals surface area (Å²) >= 11 is 1.27. The number of fused-ring (bicyclic) bond motifs is 3. The molecular formula is C24H15N3O3S. The number of hydrogen-bond acceptors (Lipinski definition) is 5. The van der Waals surface area contributed by atoms with Gasteiger partial charge < -0.3 is 0 Å². The van der Waals surface area contributed by atoms with E-state index in [4.69, 9.17) is 0 Å². The van der Waals surface area contributed by atoms with Gasteiger partial charge in [0.1, 0.15) is 0 Å². The van der Waals surface area contributed by atoms with Crippen LogP contribution in [0.25, 0.3) is 31.6 Å². The van der Waals surface area contributed by atoms with Gasteiger partial charge in [0, 0.05) is 27.8 Å². The van der Waals surface area contributed by atoms with Crippen LogP contribution in [0.5, 0.6) is 0 Å². The fraction of sp³-hybridized carbons (Fsp3) is 0. The van der Waals surface area contributed by atoms with E-state index in [1.54, 1.807) is 18.3 Å². The highest BCUT2D eigenvalue weighted by Gasteiger charge is 2.13. The number of carbonyl (C=O) groups excluding carboxylic acids is 1. The highest BCUT2D eigenvalue weighted by atomic mass is 32.1. The maximum absolute atomic E-state index is 12.6. The molecule has 1 aromatic heterocycles. The predicted molar refractivity (Wildman–Crippen MR) is 125 cm³/mol. The number of nitro groups is 1. The Morgan fingerprint density at radius 2 is 1.58 bits per heavy atom. The van der Waals surface area contributed by atoms with Crippen LogP contribution >= 0.6 is 11.3 Å². The molecule has 0 atom stereocenters. The van der Waals surface area contributed by atoms with Crippen LogP contribution in [0.2, 0.25) is 0 Å². The van der Waals surface area contributed by atoms with Crippen LogP contribution in [0.4, 0.5) is 5.69 Å². The van der Waals surface area contributed by atoms with Crippen molar-refractivity contribution in [1.29, 1.82) is 0 Å². The van der Waals surface area contributed by atoms with Crippen LogP contribution in [-0.4, -0.2) is 17.0 Å². The number of rotatable bonds is 4. The van der Waals surface area contributed by atoms with Crippen molar-refractivity contribution in [3.8, 4) is 0 Å². The second kappa shape index (κ2) is 7.62. The molecule has 0 bridgehead atoms. The Kier molecular flexibility index (Phi) is 4.65. The minimum absolute atomic E-state index is 0.00175. The number of nitro benzene ring substituents is 1. The lowest BCUT2D eigenvalue weighted by Gasteiger charge is -2.07. The van der Waals surface area contributed by atoms with E-state index in [1.807, 2.05) is 48.5 Å². The van der Waals surface area contributed by atoms with E-state index < -0.39 is 4.92 Å². The normalized spacial score (nSPS) is 11.5. The van der Waals surface area contributed by atoms with E-state index in [1.165, 1.54) is 23.5 Å². The summed E-state index contributed by atoms with van der Waals surface area (Å²) < 4.78 is 0.805. The number of amides is 1. The molecule has 150 valence electrons. The number of carbonyl (C=O) groups is 1. The van der Waals surface area contributed by atoms with Crippen molar-refractivity contribution >= 4 is 60.8 Å². The molecule has 0 saturated carbocycles. The lowest BCUT2D eigenvalue weighted by atomic mass is 9.97. The molecule has 0 saturated heterocycles. The molecule has 0 fully saturated rings. The van der Waals surface area contributed by atoms with Crippen molar-refractivity contribution in [3.05, 3.63) is 99.4 Å². The Labute approximate surface area is 180 Å². The smallest absolute Gasteiger partial charge is 0.266 e. The molecule has 0 aliphatic heterocycles. The third kappa shape index (κ3) is 3.51. The number of non-ortho nitro benzene ring substituents is 1. The summed E-state index contributed by atoms with van der Waals surface area (Å²) in [7, 11) is 0. The lowest BCUT2D eigenvalue weighted by Crippen LogP contribution is -2.16. The topological polar surface area (TPSA) is 84.6 Å². The van der Waals surface area contributed by atoms with Gasteiger partial charge in [0.15, 0.2) is 0 Å². The zero-order chi connectivity index (χ0) is 21.4. The molecule has 7 heteroatoms. The highest BCUT2D eigenvalue weighted by Crippen LogP contribution is 2.29. The summed E-state index contributed by atoms with van der Waals surface area (Å²) in [5.74, 6) is -0.357. The van der Waals surface area contributed by atoms with Crippen LogP contribution < -0.4 is 5.43 Å². The number of benzene rings is 4. The van der Waals surface area contributed by atoms with Crippen molar-refractivity contribution in [2.75, 3.05) is 0 Å². The van der Waals surface area contributed by atoms with Gasteiger partial charge >= 0.3 is 0 Å². The summed E-state index contributed by atoms with van der Waals surface area (Å²) in [4.78, 5) is 23.6. The van der Waals surface area contributed by atoms with Gasteiger partial charge in [-0.3, -0.25) is 14.9 Å². The molecule has 1 amide bonds. The molecule has 6 nitrogen and oxygen atoms in total. The Bertz CT molecular complexity index is 1470. The first-order chi connectivity index (χ1) is 15.1.